The lowest BCUT2D eigenvalue weighted by Crippen LogP contribution is -2.42. The first-order valence-electron chi connectivity index (χ1n) is 11.4. The van der Waals surface area contributed by atoms with E-state index in [9.17, 15) is 13.2 Å². The number of carbonyl (C=O) groups is 1. The van der Waals surface area contributed by atoms with Gasteiger partial charge in [0.15, 0.2) is 0 Å². The molecule has 1 atom stereocenters. The quantitative estimate of drug-likeness (QED) is 0.534. The van der Waals surface area contributed by atoms with Gasteiger partial charge in [0.05, 0.1) is 23.7 Å². The zero-order chi connectivity index (χ0) is 24.3. The molecule has 3 aromatic rings. The molecule has 1 aliphatic rings. The number of aryl methyl sites for hydroxylation is 3. The van der Waals surface area contributed by atoms with Crippen molar-refractivity contribution in [2.24, 2.45) is 0 Å². The summed E-state index contributed by atoms with van der Waals surface area (Å²) in [6.07, 6.45) is 2.78. The molecule has 0 aliphatic heterocycles. The maximum Gasteiger partial charge on any atom is 0.264 e. The van der Waals surface area contributed by atoms with Crippen molar-refractivity contribution < 1.29 is 17.9 Å². The first-order valence-corrected chi connectivity index (χ1v) is 12.8. The Kier molecular flexibility index (Phi) is 6.93. The SMILES string of the molecule is COc1ccc(C)cc1N(CC(=O)NC1CCCc2ccccc21)S(=O)(=O)c1ccc(C)cc1. The minimum Gasteiger partial charge on any atom is -0.495 e. The molecule has 0 aromatic heterocycles. The number of methoxy groups -OCH3 is 1. The number of hydrogen-bond donors (Lipinski definition) is 1. The van der Waals surface area contributed by atoms with E-state index in [1.807, 2.05) is 38.1 Å². The second-order valence-corrected chi connectivity index (χ2v) is 10.6. The van der Waals surface area contributed by atoms with Gasteiger partial charge < -0.3 is 10.1 Å². The van der Waals surface area contributed by atoms with Crippen LogP contribution in [-0.2, 0) is 21.2 Å². The maximum absolute atomic E-state index is 13.7. The summed E-state index contributed by atoms with van der Waals surface area (Å²) in [5.41, 5.74) is 4.47. The summed E-state index contributed by atoms with van der Waals surface area (Å²) in [6, 6.07) is 19.9. The van der Waals surface area contributed by atoms with E-state index in [-0.39, 0.29) is 23.4 Å². The van der Waals surface area contributed by atoms with Crippen LogP contribution in [0.2, 0.25) is 0 Å². The molecule has 1 aliphatic carbocycles. The van der Waals surface area contributed by atoms with Crippen LogP contribution in [0, 0.1) is 13.8 Å². The number of benzene rings is 3. The number of ether oxygens (including phenoxy) is 1. The largest absolute Gasteiger partial charge is 0.495 e. The van der Waals surface area contributed by atoms with Crippen LogP contribution in [0.4, 0.5) is 5.69 Å². The number of sulfonamides is 1. The van der Waals surface area contributed by atoms with Gasteiger partial charge >= 0.3 is 0 Å². The van der Waals surface area contributed by atoms with Crippen LogP contribution in [0.15, 0.2) is 71.6 Å². The Labute approximate surface area is 201 Å². The molecule has 0 saturated heterocycles. The summed E-state index contributed by atoms with van der Waals surface area (Å²) < 4.78 is 34.1. The van der Waals surface area contributed by atoms with Gasteiger partial charge in [-0.3, -0.25) is 9.10 Å². The van der Waals surface area contributed by atoms with Gasteiger partial charge in [-0.1, -0.05) is 48.0 Å². The van der Waals surface area contributed by atoms with Gasteiger partial charge in [0.1, 0.15) is 12.3 Å². The van der Waals surface area contributed by atoms with Crippen LogP contribution >= 0.6 is 0 Å². The van der Waals surface area contributed by atoms with Gasteiger partial charge in [-0.25, -0.2) is 8.42 Å². The highest BCUT2D eigenvalue weighted by atomic mass is 32.2. The minimum atomic E-state index is -4.02. The second-order valence-electron chi connectivity index (χ2n) is 8.71. The number of anilines is 1. The van der Waals surface area contributed by atoms with E-state index < -0.39 is 10.0 Å². The Hall–Kier alpha value is -3.32. The summed E-state index contributed by atoms with van der Waals surface area (Å²) in [6.45, 7) is 3.42. The van der Waals surface area contributed by atoms with Crippen molar-refractivity contribution in [3.63, 3.8) is 0 Å². The highest BCUT2D eigenvalue weighted by Gasteiger charge is 2.31. The first-order chi connectivity index (χ1) is 16.3. The summed E-state index contributed by atoms with van der Waals surface area (Å²) in [4.78, 5) is 13.4. The number of amides is 1. The number of hydrogen-bond acceptors (Lipinski definition) is 4. The van der Waals surface area contributed by atoms with E-state index in [2.05, 4.69) is 11.4 Å². The Morgan fingerprint density at radius 1 is 1.03 bits per heavy atom. The Bertz CT molecular complexity index is 1290. The van der Waals surface area contributed by atoms with E-state index in [1.165, 1.54) is 12.7 Å². The van der Waals surface area contributed by atoms with Gasteiger partial charge in [0.2, 0.25) is 5.91 Å². The molecule has 0 bridgehead atoms. The molecule has 7 heteroatoms. The van der Waals surface area contributed by atoms with Gasteiger partial charge in [0.25, 0.3) is 10.0 Å². The van der Waals surface area contributed by atoms with Crippen LogP contribution in [-0.4, -0.2) is 28.0 Å². The molecular formula is C27H30N2O4S. The Morgan fingerprint density at radius 2 is 1.74 bits per heavy atom. The van der Waals surface area contributed by atoms with Crippen LogP contribution in [0.3, 0.4) is 0 Å². The number of carbonyl (C=O) groups excluding carboxylic acids is 1. The van der Waals surface area contributed by atoms with Gasteiger partial charge in [0, 0.05) is 0 Å². The molecule has 1 N–H and O–H groups in total. The highest BCUT2D eigenvalue weighted by molar-refractivity contribution is 7.92. The monoisotopic (exact) mass is 478 g/mol. The van der Waals surface area contributed by atoms with Crippen molar-refractivity contribution in [3.8, 4) is 5.75 Å². The van der Waals surface area contributed by atoms with Crippen molar-refractivity contribution in [1.82, 2.24) is 5.32 Å². The zero-order valence-electron chi connectivity index (χ0n) is 19.7. The van der Waals surface area contributed by atoms with Crippen LogP contribution in [0.25, 0.3) is 0 Å². The average Bonchev–Trinajstić information content (AvgIpc) is 2.83. The molecule has 0 fully saturated rings. The fourth-order valence-corrected chi connectivity index (χ4v) is 5.83. The Morgan fingerprint density at radius 3 is 2.47 bits per heavy atom. The third kappa shape index (κ3) is 4.94. The average molecular weight is 479 g/mol. The van der Waals surface area contributed by atoms with Crippen molar-refractivity contribution in [2.45, 2.75) is 44.0 Å². The van der Waals surface area contributed by atoms with Crippen molar-refractivity contribution in [1.29, 1.82) is 0 Å². The fraction of sp³-hybridized carbons (Fsp3) is 0.296. The van der Waals surface area contributed by atoms with Crippen LogP contribution in [0.5, 0.6) is 5.75 Å². The van der Waals surface area contributed by atoms with Gasteiger partial charge in [-0.2, -0.15) is 0 Å². The number of fused-ring (bicyclic) bond motifs is 1. The lowest BCUT2D eigenvalue weighted by atomic mass is 9.88. The number of nitrogens with zero attached hydrogens (tertiary/aromatic N) is 1. The molecule has 34 heavy (non-hydrogen) atoms. The van der Waals surface area contributed by atoms with E-state index in [0.29, 0.717) is 11.4 Å². The Balaban J connectivity index is 1.69. The topological polar surface area (TPSA) is 75.7 Å². The van der Waals surface area contributed by atoms with Gasteiger partial charge in [-0.05, 0) is 74.1 Å². The summed E-state index contributed by atoms with van der Waals surface area (Å²) in [7, 11) is -2.53. The standard InChI is InChI=1S/C27H30N2O4S/c1-19-11-14-22(15-12-19)34(31,32)29(25-17-20(2)13-16-26(25)33-3)18-27(30)28-24-10-6-8-21-7-4-5-9-23(21)24/h4-5,7,9,11-17,24H,6,8,10,18H2,1-3H3,(H,28,30). The minimum absolute atomic E-state index is 0.123. The lowest BCUT2D eigenvalue weighted by molar-refractivity contribution is -0.120. The van der Waals surface area contributed by atoms with E-state index >= 15 is 0 Å². The second kappa shape index (κ2) is 9.89. The molecular weight excluding hydrogens is 448 g/mol. The summed E-state index contributed by atoms with van der Waals surface area (Å²) >= 11 is 0. The molecule has 0 spiro atoms. The molecule has 1 unspecified atom stereocenters. The molecule has 0 saturated carbocycles. The molecule has 4 rings (SSSR count). The predicted molar refractivity (Wildman–Crippen MR) is 134 cm³/mol. The third-order valence-electron chi connectivity index (χ3n) is 6.20. The van der Waals surface area contributed by atoms with E-state index in [0.717, 1.165) is 40.3 Å². The maximum atomic E-state index is 13.7. The molecule has 1 amide bonds. The zero-order valence-corrected chi connectivity index (χ0v) is 20.6. The van der Waals surface area contributed by atoms with Crippen LogP contribution in [0.1, 0.15) is 41.1 Å². The van der Waals surface area contributed by atoms with Crippen LogP contribution < -0.4 is 14.4 Å². The smallest absolute Gasteiger partial charge is 0.264 e. The molecule has 0 radical (unpaired) electrons. The normalized spacial score (nSPS) is 15.3. The molecule has 6 nitrogen and oxygen atoms in total. The lowest BCUT2D eigenvalue weighted by Gasteiger charge is -2.29. The fourth-order valence-electron chi connectivity index (χ4n) is 4.41. The predicted octanol–water partition coefficient (Wildman–Crippen LogP) is 4.70. The molecule has 0 heterocycles. The van der Waals surface area contributed by atoms with Crippen molar-refractivity contribution in [2.75, 3.05) is 18.0 Å². The number of nitrogens with one attached hydrogen (secondary N) is 1. The van der Waals surface area contributed by atoms with E-state index in [1.54, 1.807) is 36.4 Å². The molecule has 3 aromatic carbocycles. The van der Waals surface area contributed by atoms with Crippen molar-refractivity contribution in [3.05, 3.63) is 89.0 Å². The van der Waals surface area contributed by atoms with Crippen molar-refractivity contribution >= 4 is 21.6 Å². The highest BCUT2D eigenvalue weighted by Crippen LogP contribution is 2.34. The van der Waals surface area contributed by atoms with E-state index in [4.69, 9.17) is 4.74 Å². The third-order valence-corrected chi connectivity index (χ3v) is 7.98. The number of rotatable bonds is 7. The van der Waals surface area contributed by atoms with Gasteiger partial charge in [-0.15, -0.1) is 0 Å². The summed E-state index contributed by atoms with van der Waals surface area (Å²) in [5.74, 6) is 0.0260. The first kappa shape index (κ1) is 23.8. The molecule has 178 valence electrons. The summed E-state index contributed by atoms with van der Waals surface area (Å²) in [5, 5.41) is 3.07.